The second-order valence-electron chi connectivity index (χ2n) is 9.02. The number of carbonyl (C=O) groups excluding carboxylic acids is 4. The third-order valence-corrected chi connectivity index (χ3v) is 7.69. The third kappa shape index (κ3) is 2.39. The third-order valence-electron chi connectivity index (χ3n) is 7.44. The molecule has 7 heteroatoms. The number of benzene rings is 2. The van der Waals surface area contributed by atoms with Crippen LogP contribution < -0.4 is 0 Å². The Morgan fingerprint density at radius 2 is 1.44 bits per heavy atom. The van der Waals surface area contributed by atoms with Gasteiger partial charge in [0.25, 0.3) is 0 Å². The van der Waals surface area contributed by atoms with E-state index in [0.717, 1.165) is 25.7 Å². The fourth-order valence-corrected chi connectivity index (χ4v) is 6.14. The van der Waals surface area contributed by atoms with Crippen molar-refractivity contribution in [3.05, 3.63) is 70.2 Å². The van der Waals surface area contributed by atoms with Gasteiger partial charge in [0.15, 0.2) is 0 Å². The van der Waals surface area contributed by atoms with Gasteiger partial charge in [-0.1, -0.05) is 60.8 Å². The topological polar surface area (TPSA) is 80.8 Å². The van der Waals surface area contributed by atoms with Gasteiger partial charge >= 0.3 is 0 Å². The predicted octanol–water partition coefficient (Wildman–Crippen LogP) is 3.77. The Labute approximate surface area is 189 Å². The normalized spacial score (nSPS) is 28.8. The molecule has 2 heterocycles. The summed E-state index contributed by atoms with van der Waals surface area (Å²) in [6.45, 7) is 0. The summed E-state index contributed by atoms with van der Waals surface area (Å²) in [6.07, 6.45) is 2.50. The van der Waals surface area contributed by atoms with E-state index in [-0.39, 0.29) is 23.1 Å². The molecule has 4 aliphatic rings. The van der Waals surface area contributed by atoms with E-state index in [1.165, 1.54) is 4.90 Å². The highest BCUT2D eigenvalue weighted by atomic mass is 35.5. The van der Waals surface area contributed by atoms with Crippen molar-refractivity contribution in [3.63, 3.8) is 0 Å². The monoisotopic (exact) mass is 449 g/mol. The predicted molar refractivity (Wildman–Crippen MR) is 114 cm³/mol. The Balaban J connectivity index is 1.52. The largest absolute Gasteiger partial charge is 0.349 e. The number of nitrogens with zero attached hydrogens (tertiary/aromatic N) is 1. The van der Waals surface area contributed by atoms with E-state index in [9.17, 15) is 19.2 Å². The lowest BCUT2D eigenvalue weighted by molar-refractivity contribution is -0.147. The first-order valence-electron chi connectivity index (χ1n) is 10.9. The molecule has 3 fully saturated rings. The second kappa shape index (κ2) is 6.83. The highest BCUT2D eigenvalue weighted by molar-refractivity contribution is 6.35. The molecule has 6 rings (SSSR count). The van der Waals surface area contributed by atoms with Crippen LogP contribution >= 0.6 is 11.6 Å². The average molecular weight is 450 g/mol. The van der Waals surface area contributed by atoms with Crippen LogP contribution in [0, 0.1) is 11.8 Å². The molecule has 2 aliphatic heterocycles. The van der Waals surface area contributed by atoms with Crippen molar-refractivity contribution in [1.29, 1.82) is 0 Å². The Morgan fingerprint density at radius 3 is 2.03 bits per heavy atom. The molecule has 2 aromatic rings. The van der Waals surface area contributed by atoms with Crippen molar-refractivity contribution < 1.29 is 23.9 Å². The summed E-state index contributed by atoms with van der Waals surface area (Å²) in [6, 6.07) is 13.1. The number of ether oxygens (including phenoxy) is 1. The van der Waals surface area contributed by atoms with Crippen LogP contribution in [0.15, 0.2) is 48.5 Å². The zero-order valence-electron chi connectivity index (χ0n) is 17.1. The standard InChI is InChI=1S/C25H20ClNO5/c26-14-11-9-13(10-12-14)20-18-19(24(31)27(23(18)30)15-5-1-2-6-15)25(32-20)21(28)16-7-3-4-8-17(16)22(25)29/h3-4,7-12,15,18-20H,1-2,5-6H2/t18-,19+,20+/m0/s1. The zero-order chi connectivity index (χ0) is 22.2. The van der Waals surface area contributed by atoms with Gasteiger partial charge in [-0.25, -0.2) is 0 Å². The van der Waals surface area contributed by atoms with Gasteiger partial charge in [0, 0.05) is 22.2 Å². The number of carbonyl (C=O) groups is 4. The number of hydrogen-bond acceptors (Lipinski definition) is 5. The summed E-state index contributed by atoms with van der Waals surface area (Å²) in [4.78, 5) is 56.0. The van der Waals surface area contributed by atoms with Crippen molar-refractivity contribution in [2.24, 2.45) is 11.8 Å². The fourth-order valence-electron chi connectivity index (χ4n) is 6.02. The molecule has 2 aliphatic carbocycles. The number of halogens is 1. The number of ketones is 2. The minimum atomic E-state index is -2.00. The van der Waals surface area contributed by atoms with Gasteiger partial charge in [-0.3, -0.25) is 24.1 Å². The highest BCUT2D eigenvalue weighted by Gasteiger charge is 2.75. The molecule has 0 bridgehead atoms. The van der Waals surface area contributed by atoms with E-state index in [1.807, 2.05) is 0 Å². The molecule has 1 saturated carbocycles. The molecule has 0 N–H and O–H groups in total. The van der Waals surface area contributed by atoms with Crippen molar-refractivity contribution in [2.45, 2.75) is 43.4 Å². The van der Waals surface area contributed by atoms with E-state index >= 15 is 0 Å². The maximum atomic E-state index is 13.7. The summed E-state index contributed by atoms with van der Waals surface area (Å²) >= 11 is 6.04. The Morgan fingerprint density at radius 1 is 0.844 bits per heavy atom. The van der Waals surface area contributed by atoms with E-state index in [0.29, 0.717) is 10.6 Å². The fraction of sp³-hybridized carbons (Fsp3) is 0.360. The van der Waals surface area contributed by atoms with Gasteiger partial charge < -0.3 is 4.74 Å². The first kappa shape index (κ1) is 19.8. The maximum absolute atomic E-state index is 13.7. The molecular weight excluding hydrogens is 430 g/mol. The van der Waals surface area contributed by atoms with Crippen molar-refractivity contribution >= 4 is 35.0 Å². The van der Waals surface area contributed by atoms with Gasteiger partial charge in [0.1, 0.15) is 0 Å². The number of rotatable bonds is 2. The zero-order valence-corrected chi connectivity index (χ0v) is 17.9. The maximum Gasteiger partial charge on any atom is 0.237 e. The van der Waals surface area contributed by atoms with Gasteiger partial charge in [0.05, 0.1) is 17.9 Å². The van der Waals surface area contributed by atoms with E-state index in [1.54, 1.807) is 48.5 Å². The smallest absolute Gasteiger partial charge is 0.237 e. The molecule has 3 atom stereocenters. The summed E-state index contributed by atoms with van der Waals surface area (Å²) < 4.78 is 6.25. The number of imide groups is 1. The number of amides is 2. The molecule has 1 spiro atoms. The number of hydrogen-bond donors (Lipinski definition) is 0. The molecule has 2 aromatic carbocycles. The van der Waals surface area contributed by atoms with Crippen LogP contribution in [0.5, 0.6) is 0 Å². The Hall–Kier alpha value is -2.83. The molecule has 0 radical (unpaired) electrons. The van der Waals surface area contributed by atoms with Gasteiger partial charge in [0.2, 0.25) is 29.0 Å². The Kier molecular flexibility index (Phi) is 4.23. The molecule has 6 nitrogen and oxygen atoms in total. The molecule has 0 unspecified atom stereocenters. The summed E-state index contributed by atoms with van der Waals surface area (Å²) in [5.74, 6) is -3.95. The molecule has 162 valence electrons. The lowest BCUT2D eigenvalue weighted by Crippen LogP contribution is -2.51. The van der Waals surface area contributed by atoms with Crippen LogP contribution in [0.4, 0.5) is 0 Å². The van der Waals surface area contributed by atoms with E-state index in [4.69, 9.17) is 16.3 Å². The molecule has 2 amide bonds. The average Bonchev–Trinajstić information content (AvgIpc) is 3.54. The molecule has 2 saturated heterocycles. The molecular formula is C25H20ClNO5. The van der Waals surface area contributed by atoms with Gasteiger partial charge in [-0.15, -0.1) is 0 Å². The number of fused-ring (bicyclic) bond motifs is 3. The number of Topliss-reactive ketones (excluding diaryl/α,β-unsaturated/α-hetero) is 2. The van der Waals surface area contributed by atoms with Crippen molar-refractivity contribution in [1.82, 2.24) is 4.90 Å². The van der Waals surface area contributed by atoms with Crippen LogP contribution in [-0.2, 0) is 14.3 Å². The van der Waals surface area contributed by atoms with Crippen LogP contribution in [0.2, 0.25) is 5.02 Å². The van der Waals surface area contributed by atoms with Crippen molar-refractivity contribution in [3.8, 4) is 0 Å². The van der Waals surface area contributed by atoms with Gasteiger partial charge in [-0.05, 0) is 30.5 Å². The Bertz CT molecular complexity index is 1150. The first-order valence-corrected chi connectivity index (χ1v) is 11.3. The second-order valence-corrected chi connectivity index (χ2v) is 9.45. The minimum Gasteiger partial charge on any atom is -0.349 e. The van der Waals surface area contributed by atoms with E-state index in [2.05, 4.69) is 0 Å². The molecule has 0 aromatic heterocycles. The quantitative estimate of drug-likeness (QED) is 0.515. The lowest BCUT2D eigenvalue weighted by atomic mass is 9.77. The summed E-state index contributed by atoms with van der Waals surface area (Å²) in [7, 11) is 0. The summed E-state index contributed by atoms with van der Waals surface area (Å²) in [5.41, 5.74) is -0.897. The van der Waals surface area contributed by atoms with Crippen LogP contribution in [0.1, 0.15) is 58.1 Å². The highest BCUT2D eigenvalue weighted by Crippen LogP contribution is 2.58. The SMILES string of the molecule is O=C1[C@@H]2[C@@H](c3ccc(Cl)cc3)OC3(C(=O)c4ccccc4C3=O)[C@H]2C(=O)N1C1CCCC1. The van der Waals surface area contributed by atoms with Gasteiger partial charge in [-0.2, -0.15) is 0 Å². The van der Waals surface area contributed by atoms with E-state index < -0.39 is 41.0 Å². The number of likely N-dealkylation sites (tertiary alicyclic amines) is 1. The molecule has 32 heavy (non-hydrogen) atoms. The first-order chi connectivity index (χ1) is 15.4. The lowest BCUT2D eigenvalue weighted by Gasteiger charge is -2.29. The van der Waals surface area contributed by atoms with Crippen LogP contribution in [-0.4, -0.2) is 39.9 Å². The van der Waals surface area contributed by atoms with Crippen molar-refractivity contribution in [2.75, 3.05) is 0 Å². The van der Waals surface area contributed by atoms with Crippen LogP contribution in [0.3, 0.4) is 0 Å². The minimum absolute atomic E-state index is 0.183. The van der Waals surface area contributed by atoms with Crippen LogP contribution in [0.25, 0.3) is 0 Å². The summed E-state index contributed by atoms with van der Waals surface area (Å²) in [5, 5.41) is 0.514.